The predicted octanol–water partition coefficient (Wildman–Crippen LogP) is 4.56. The summed E-state index contributed by atoms with van der Waals surface area (Å²) >= 11 is 17.3. The minimum absolute atomic E-state index is 0.0800. The molecule has 1 aliphatic carbocycles. The average molecular weight is 429 g/mol. The number of alkyl halides is 3. The van der Waals surface area contributed by atoms with Crippen LogP contribution < -0.4 is 0 Å². The average Bonchev–Trinajstić information content (AvgIpc) is 2.77. The van der Waals surface area contributed by atoms with Crippen molar-refractivity contribution in [1.29, 1.82) is 5.41 Å². The molecule has 5 rings (SSSR count). The normalized spacial score (nSPS) is 50.7. The molecule has 1 saturated carbocycles. The van der Waals surface area contributed by atoms with Gasteiger partial charge in [0.1, 0.15) is 0 Å². The van der Waals surface area contributed by atoms with Crippen LogP contribution in [-0.2, 0) is 24.0 Å². The number of hydrogen-bond donors (Lipinski definition) is 1. The molecule has 26 heavy (non-hydrogen) atoms. The summed E-state index contributed by atoms with van der Waals surface area (Å²) in [6.45, 7) is 6.13. The lowest BCUT2D eigenvalue weighted by Crippen LogP contribution is -2.70. The second-order valence-corrected chi connectivity index (χ2v) is 10.5. The fourth-order valence-corrected chi connectivity index (χ4v) is 5.32. The lowest BCUT2D eigenvalue weighted by atomic mass is 9.58. The molecule has 0 aromatic carbocycles. The predicted molar refractivity (Wildman–Crippen MR) is 95.9 cm³/mol. The first-order valence-electron chi connectivity index (χ1n) is 9.09. The van der Waals surface area contributed by atoms with Gasteiger partial charge in [0.25, 0.3) is 3.79 Å². The van der Waals surface area contributed by atoms with E-state index in [2.05, 4.69) is 6.92 Å². The lowest BCUT2D eigenvalue weighted by molar-refractivity contribution is -0.576. The highest BCUT2D eigenvalue weighted by atomic mass is 35.6. The number of ether oxygens (including phenoxy) is 3. The first kappa shape index (κ1) is 19.5. The van der Waals surface area contributed by atoms with Gasteiger partial charge in [-0.15, -0.1) is 0 Å². The molecule has 1 spiro atoms. The van der Waals surface area contributed by atoms with Gasteiger partial charge in [-0.3, -0.25) is 5.41 Å². The molecule has 5 fully saturated rings. The quantitative estimate of drug-likeness (QED) is 0.287. The van der Waals surface area contributed by atoms with Crippen molar-refractivity contribution in [2.24, 2.45) is 23.7 Å². The Morgan fingerprint density at radius 2 is 1.85 bits per heavy atom. The molecular weight excluding hydrogens is 405 g/mol. The van der Waals surface area contributed by atoms with Crippen molar-refractivity contribution in [3.05, 3.63) is 0 Å². The van der Waals surface area contributed by atoms with Crippen molar-refractivity contribution in [2.45, 2.75) is 74.2 Å². The van der Waals surface area contributed by atoms with Crippen molar-refractivity contribution < 1.29 is 24.0 Å². The molecule has 9 heteroatoms. The van der Waals surface area contributed by atoms with Crippen LogP contribution in [0.15, 0.2) is 0 Å². The zero-order valence-electron chi connectivity index (χ0n) is 15.0. The van der Waals surface area contributed by atoms with Crippen molar-refractivity contribution in [2.75, 3.05) is 0 Å². The molecule has 2 bridgehead atoms. The van der Waals surface area contributed by atoms with E-state index in [0.29, 0.717) is 5.92 Å². The Hall–Kier alpha value is 0.180. The minimum atomic E-state index is -1.93. The second kappa shape index (κ2) is 6.34. The molecule has 0 amide bonds. The van der Waals surface area contributed by atoms with Gasteiger partial charge < -0.3 is 14.2 Å². The van der Waals surface area contributed by atoms with Crippen LogP contribution in [-0.4, -0.2) is 33.7 Å². The fraction of sp³-hybridized carbons (Fsp3) is 0.941. The maximum Gasteiger partial charge on any atom is 0.265 e. The van der Waals surface area contributed by atoms with Gasteiger partial charge in [0.05, 0.1) is 0 Å². The van der Waals surface area contributed by atoms with E-state index in [1.54, 1.807) is 0 Å². The Labute approximate surface area is 168 Å². The van der Waals surface area contributed by atoms with Crippen molar-refractivity contribution >= 4 is 40.7 Å². The van der Waals surface area contributed by atoms with Gasteiger partial charge in [0, 0.05) is 18.3 Å². The van der Waals surface area contributed by atoms with Crippen LogP contribution >= 0.6 is 34.8 Å². The second-order valence-electron chi connectivity index (χ2n) is 8.22. The molecule has 4 heterocycles. The zero-order valence-corrected chi connectivity index (χ0v) is 17.2. The van der Waals surface area contributed by atoms with E-state index in [4.69, 9.17) is 64.2 Å². The summed E-state index contributed by atoms with van der Waals surface area (Å²) in [5.41, 5.74) is -0.672. The van der Waals surface area contributed by atoms with Crippen LogP contribution in [0.2, 0.25) is 0 Å². The van der Waals surface area contributed by atoms with Gasteiger partial charge in [-0.25, -0.2) is 9.78 Å². The van der Waals surface area contributed by atoms with E-state index in [9.17, 15) is 0 Å². The highest BCUT2D eigenvalue weighted by Crippen LogP contribution is 2.60. The van der Waals surface area contributed by atoms with Gasteiger partial charge in [-0.05, 0) is 38.0 Å². The Balaban J connectivity index is 1.67. The third-order valence-electron chi connectivity index (χ3n) is 6.59. The number of rotatable bonds is 1. The van der Waals surface area contributed by atoms with Crippen LogP contribution in [0.5, 0.6) is 0 Å². The van der Waals surface area contributed by atoms with E-state index >= 15 is 0 Å². The van der Waals surface area contributed by atoms with E-state index in [1.165, 1.54) is 0 Å². The molecular formula is C17H24Cl3NO5. The molecule has 8 atom stereocenters. The van der Waals surface area contributed by atoms with Crippen molar-refractivity contribution in [3.63, 3.8) is 0 Å². The van der Waals surface area contributed by atoms with E-state index in [0.717, 1.165) is 25.7 Å². The maximum absolute atomic E-state index is 7.90. The summed E-state index contributed by atoms with van der Waals surface area (Å²) in [5.74, 6) is -0.549. The van der Waals surface area contributed by atoms with E-state index < -0.39 is 33.7 Å². The molecule has 6 nitrogen and oxygen atoms in total. The molecule has 4 saturated heterocycles. The fourth-order valence-electron chi connectivity index (χ4n) is 5.19. The standard InChI is InChI=1S/C17H24Cl3NO5/c1-8-4-5-11-9(2)12(22-13(21)17(18,19)20)23-14-16(11)10(8)6-7-15(3,24-14)25-26-16/h8-12,14,21H,4-7H2,1-3H3/t8-,9-,10+,11+,12-,14-,15-,16-/m1/s1. The number of nitrogens with one attached hydrogen (secondary N) is 1. The molecule has 0 unspecified atom stereocenters. The number of hydrogen-bond acceptors (Lipinski definition) is 6. The molecule has 0 radical (unpaired) electrons. The van der Waals surface area contributed by atoms with Crippen LogP contribution in [0.3, 0.4) is 0 Å². The first-order chi connectivity index (χ1) is 12.1. The van der Waals surface area contributed by atoms with Crippen molar-refractivity contribution in [1.82, 2.24) is 0 Å². The smallest absolute Gasteiger partial charge is 0.265 e. The lowest BCUT2D eigenvalue weighted by Gasteiger charge is -2.60. The summed E-state index contributed by atoms with van der Waals surface area (Å²) in [7, 11) is 0. The van der Waals surface area contributed by atoms with E-state index in [1.807, 2.05) is 13.8 Å². The molecule has 0 aromatic heterocycles. The molecule has 0 aromatic rings. The van der Waals surface area contributed by atoms with Crippen LogP contribution in [0.1, 0.15) is 46.5 Å². The van der Waals surface area contributed by atoms with Gasteiger partial charge in [0.15, 0.2) is 11.9 Å². The zero-order chi connectivity index (χ0) is 18.9. The van der Waals surface area contributed by atoms with Crippen molar-refractivity contribution in [3.8, 4) is 0 Å². The van der Waals surface area contributed by atoms with Crippen LogP contribution in [0.25, 0.3) is 0 Å². The van der Waals surface area contributed by atoms with Gasteiger partial charge in [0.2, 0.25) is 18.0 Å². The van der Waals surface area contributed by atoms with Gasteiger partial charge in [-0.2, -0.15) is 0 Å². The summed E-state index contributed by atoms with van der Waals surface area (Å²) in [6, 6.07) is 0. The maximum atomic E-state index is 7.90. The monoisotopic (exact) mass is 427 g/mol. The Morgan fingerprint density at radius 1 is 1.12 bits per heavy atom. The molecule has 1 N–H and O–H groups in total. The third kappa shape index (κ3) is 2.88. The summed E-state index contributed by atoms with van der Waals surface area (Å²) < 4.78 is 16.0. The number of halogens is 3. The highest BCUT2D eigenvalue weighted by Gasteiger charge is 2.69. The summed E-state index contributed by atoms with van der Waals surface area (Å²) in [4.78, 5) is 11.8. The molecule has 148 valence electrons. The van der Waals surface area contributed by atoms with E-state index in [-0.39, 0.29) is 17.8 Å². The summed E-state index contributed by atoms with van der Waals surface area (Å²) in [6.07, 6.45) is 2.31. The van der Waals surface area contributed by atoms with Crippen LogP contribution in [0, 0.1) is 29.1 Å². The Bertz CT molecular complexity index is 601. The van der Waals surface area contributed by atoms with Crippen LogP contribution in [0.4, 0.5) is 0 Å². The topological polar surface area (TPSA) is 70.0 Å². The minimum Gasteiger partial charge on any atom is -0.448 e. The third-order valence-corrected chi connectivity index (χ3v) is 7.10. The first-order valence-corrected chi connectivity index (χ1v) is 10.2. The highest BCUT2D eigenvalue weighted by molar-refractivity contribution is 6.76. The largest absolute Gasteiger partial charge is 0.448 e. The number of fused-ring (bicyclic) bond motifs is 2. The van der Waals surface area contributed by atoms with Gasteiger partial charge >= 0.3 is 0 Å². The molecule has 4 aliphatic heterocycles. The Kier molecular flexibility index (Phi) is 4.76. The summed E-state index contributed by atoms with van der Waals surface area (Å²) in [5, 5.41) is 7.90. The Morgan fingerprint density at radius 3 is 2.54 bits per heavy atom. The molecule has 5 aliphatic rings. The SMILES string of the molecule is C[C@H]1[C@H](OC(=N)C(Cl)(Cl)Cl)O[C@@H]2O[C@@]3(C)CC[C@H]4[C@H](C)CC[C@@H]1[C@@]24OO3. The van der Waals surface area contributed by atoms with Gasteiger partial charge in [-0.1, -0.05) is 48.7 Å².